The molecule has 2 aliphatic heterocycles. The van der Waals surface area contributed by atoms with Gasteiger partial charge in [-0.2, -0.15) is 0 Å². The molecule has 13 heteroatoms. The molecule has 2 N–H and O–H groups in total. The Morgan fingerprint density at radius 3 is 2.42 bits per heavy atom. The van der Waals surface area contributed by atoms with Gasteiger partial charge in [0.2, 0.25) is 21.8 Å². The first-order chi connectivity index (χ1) is 25.4. The fourth-order valence-corrected chi connectivity index (χ4v) is 9.32. The Morgan fingerprint density at radius 2 is 1.77 bits per heavy atom. The number of piperidine rings is 1. The van der Waals surface area contributed by atoms with Gasteiger partial charge in [0.1, 0.15) is 29.2 Å². The van der Waals surface area contributed by atoms with E-state index in [2.05, 4.69) is 21.5 Å². The first-order valence-electron chi connectivity index (χ1n) is 18.7. The zero-order chi connectivity index (χ0) is 37.5. The molecule has 1 aromatic heterocycles. The number of aromatic nitrogens is 1. The van der Waals surface area contributed by atoms with E-state index in [0.717, 1.165) is 43.3 Å². The summed E-state index contributed by atoms with van der Waals surface area (Å²) in [6, 6.07) is 15.8. The van der Waals surface area contributed by atoms with Crippen LogP contribution < -0.4 is 19.5 Å². The summed E-state index contributed by atoms with van der Waals surface area (Å²) in [6.45, 7) is 9.62. The summed E-state index contributed by atoms with van der Waals surface area (Å²) >= 11 is 0. The molecule has 0 spiro atoms. The summed E-state index contributed by atoms with van der Waals surface area (Å²) in [5.74, 6) is -0.722. The van der Waals surface area contributed by atoms with Crippen LogP contribution in [0.25, 0.3) is 22.2 Å². The van der Waals surface area contributed by atoms with Crippen LogP contribution in [0, 0.1) is 11.8 Å². The standard InChI is InChI=1S/C40H49N5O7S/c1-5-27-23-40(27,39(48)43-53(49,50)30-15-16-30)42-37(46)34-21-29(24-45(34)38(47)36(25(2)3)44-18-10-7-11-19-44)52-35-22-32(26-12-8-6-9-13-26)41-33-20-28(51-4)14-17-31(33)35/h5-6,8-9,12-14,17,20,22,25,27,29-30,34,36H,1,7,10-11,15-16,18-19,21,23-24H2,2-4H3,(H,42,46)(H,43,48)/t27?,29-,34+,36+,40?/m1/s1. The molecular weight excluding hydrogens is 695 g/mol. The second-order valence-corrected chi connectivity index (χ2v) is 17.2. The van der Waals surface area contributed by atoms with Crippen molar-refractivity contribution in [3.05, 3.63) is 67.3 Å². The maximum atomic E-state index is 14.7. The van der Waals surface area contributed by atoms with Crippen molar-refractivity contribution in [1.29, 1.82) is 0 Å². The molecule has 53 heavy (non-hydrogen) atoms. The van der Waals surface area contributed by atoms with Gasteiger partial charge in [-0.1, -0.05) is 56.7 Å². The fourth-order valence-electron chi connectivity index (χ4n) is 7.96. The van der Waals surface area contributed by atoms with Gasteiger partial charge >= 0.3 is 0 Å². The normalized spacial score (nSPS) is 25.1. The second kappa shape index (κ2) is 14.7. The number of fused-ring (bicyclic) bond motifs is 1. The molecule has 4 aliphatic rings. The van der Waals surface area contributed by atoms with Crippen molar-refractivity contribution in [3.8, 4) is 22.8 Å². The van der Waals surface area contributed by atoms with Crippen molar-refractivity contribution in [2.24, 2.45) is 11.8 Å². The van der Waals surface area contributed by atoms with Crippen LogP contribution in [0.2, 0.25) is 0 Å². The second-order valence-electron chi connectivity index (χ2n) is 15.2. The van der Waals surface area contributed by atoms with Gasteiger partial charge in [-0.3, -0.25) is 24.0 Å². The van der Waals surface area contributed by atoms with Crippen LogP contribution in [0.1, 0.15) is 58.8 Å². The first-order valence-corrected chi connectivity index (χ1v) is 20.2. The van der Waals surface area contributed by atoms with Crippen LogP contribution in [0.3, 0.4) is 0 Å². The highest BCUT2D eigenvalue weighted by Crippen LogP contribution is 2.46. The minimum atomic E-state index is -3.85. The Bertz CT molecular complexity index is 2000. The van der Waals surface area contributed by atoms with Gasteiger partial charge in [0, 0.05) is 35.4 Å². The number of pyridine rings is 1. The average Bonchev–Trinajstić information content (AvgIpc) is 4.08. The van der Waals surface area contributed by atoms with Crippen LogP contribution in [-0.4, -0.2) is 96.6 Å². The lowest BCUT2D eigenvalue weighted by Gasteiger charge is -2.39. The van der Waals surface area contributed by atoms with Crippen LogP contribution in [0.15, 0.2) is 67.3 Å². The number of methoxy groups -OCH3 is 1. The van der Waals surface area contributed by atoms with E-state index in [9.17, 15) is 22.8 Å². The summed E-state index contributed by atoms with van der Waals surface area (Å²) in [4.78, 5) is 51.4. The van der Waals surface area contributed by atoms with Crippen LogP contribution in [0.4, 0.5) is 0 Å². The lowest BCUT2D eigenvalue weighted by Crippen LogP contribution is -2.59. The van der Waals surface area contributed by atoms with Gasteiger partial charge in [-0.15, -0.1) is 6.58 Å². The van der Waals surface area contributed by atoms with Gasteiger partial charge in [-0.05, 0) is 63.2 Å². The third-order valence-corrected chi connectivity index (χ3v) is 12.9. The minimum Gasteiger partial charge on any atom is -0.497 e. The van der Waals surface area contributed by atoms with Crippen molar-refractivity contribution in [3.63, 3.8) is 0 Å². The molecule has 7 rings (SSSR count). The van der Waals surface area contributed by atoms with Crippen molar-refractivity contribution in [2.75, 3.05) is 26.7 Å². The van der Waals surface area contributed by atoms with E-state index in [1.54, 1.807) is 18.1 Å². The Kier molecular flexibility index (Phi) is 10.2. The van der Waals surface area contributed by atoms with Gasteiger partial charge < -0.3 is 19.7 Å². The molecule has 282 valence electrons. The van der Waals surface area contributed by atoms with Gasteiger partial charge in [0.15, 0.2) is 0 Å². The molecule has 4 fully saturated rings. The van der Waals surface area contributed by atoms with Crippen LogP contribution in [-0.2, 0) is 24.4 Å². The molecule has 0 bridgehead atoms. The number of carbonyl (C=O) groups is 3. The van der Waals surface area contributed by atoms with E-state index in [0.29, 0.717) is 35.6 Å². The number of rotatable bonds is 13. The number of hydrogen-bond donors (Lipinski definition) is 2. The highest BCUT2D eigenvalue weighted by atomic mass is 32.2. The number of benzene rings is 2. The van der Waals surface area contributed by atoms with Crippen molar-refractivity contribution < 1.29 is 32.3 Å². The van der Waals surface area contributed by atoms with Crippen LogP contribution >= 0.6 is 0 Å². The molecule has 0 radical (unpaired) electrons. The number of amides is 3. The van der Waals surface area contributed by atoms with E-state index < -0.39 is 56.7 Å². The molecule has 2 aromatic carbocycles. The molecule has 12 nitrogen and oxygen atoms in total. The lowest BCUT2D eigenvalue weighted by molar-refractivity contribution is -0.145. The molecule has 5 atom stereocenters. The average molecular weight is 744 g/mol. The highest BCUT2D eigenvalue weighted by molar-refractivity contribution is 7.91. The van der Waals surface area contributed by atoms with Crippen LogP contribution in [0.5, 0.6) is 11.5 Å². The molecule has 3 aromatic rings. The van der Waals surface area contributed by atoms with Crippen molar-refractivity contribution in [2.45, 2.75) is 87.8 Å². The van der Waals surface area contributed by atoms with E-state index in [1.807, 2.05) is 68.4 Å². The smallest absolute Gasteiger partial charge is 0.259 e. The number of sulfonamides is 1. The molecular formula is C40H49N5O7S. The largest absolute Gasteiger partial charge is 0.497 e. The molecule has 3 heterocycles. The number of nitrogens with zero attached hydrogens (tertiary/aromatic N) is 3. The summed E-state index contributed by atoms with van der Waals surface area (Å²) < 4.78 is 40.0. The van der Waals surface area contributed by atoms with Gasteiger partial charge in [0.25, 0.3) is 5.91 Å². The minimum absolute atomic E-state index is 0.0184. The molecule has 2 unspecified atom stereocenters. The molecule has 2 saturated heterocycles. The Labute approximate surface area is 311 Å². The molecule has 3 amide bonds. The van der Waals surface area contributed by atoms with E-state index >= 15 is 0 Å². The van der Waals surface area contributed by atoms with E-state index in [4.69, 9.17) is 14.5 Å². The Morgan fingerprint density at radius 1 is 1.04 bits per heavy atom. The predicted octanol–water partition coefficient (Wildman–Crippen LogP) is 4.44. The quantitative estimate of drug-likeness (QED) is 0.243. The predicted molar refractivity (Wildman–Crippen MR) is 202 cm³/mol. The summed E-state index contributed by atoms with van der Waals surface area (Å²) in [6.07, 6.45) is 5.47. The first kappa shape index (κ1) is 36.9. The highest BCUT2D eigenvalue weighted by Gasteiger charge is 2.62. The fraction of sp³-hybridized carbons (Fsp3) is 0.500. The summed E-state index contributed by atoms with van der Waals surface area (Å²) in [5, 5.41) is 3.06. The summed E-state index contributed by atoms with van der Waals surface area (Å²) in [5.41, 5.74) is 0.801. The topological polar surface area (TPSA) is 147 Å². The zero-order valence-electron chi connectivity index (χ0n) is 30.6. The zero-order valence-corrected chi connectivity index (χ0v) is 31.4. The SMILES string of the molecule is C=CC1CC1(NC(=O)[C@@H]1C[C@@H](Oc2cc(-c3ccccc3)nc3cc(OC)ccc23)CN1C(=O)[C@H](C(C)C)N1CCCCC1)C(=O)NS(=O)(=O)C1CC1. The van der Waals surface area contributed by atoms with Gasteiger partial charge in [0.05, 0.1) is 36.2 Å². The summed E-state index contributed by atoms with van der Waals surface area (Å²) in [7, 11) is -2.25. The van der Waals surface area contributed by atoms with E-state index in [-0.39, 0.29) is 31.2 Å². The third-order valence-electron chi connectivity index (χ3n) is 11.1. The number of carbonyl (C=O) groups excluding carboxylic acids is 3. The van der Waals surface area contributed by atoms with E-state index in [1.165, 1.54) is 0 Å². The Hall–Kier alpha value is -4.49. The number of likely N-dealkylation sites (tertiary alicyclic amines) is 2. The molecule has 2 aliphatic carbocycles. The number of ether oxygens (including phenoxy) is 2. The maximum absolute atomic E-state index is 14.7. The Balaban J connectivity index is 1.21. The third kappa shape index (κ3) is 7.50. The molecule has 2 saturated carbocycles. The van der Waals surface area contributed by atoms with Crippen molar-refractivity contribution in [1.82, 2.24) is 24.8 Å². The lowest BCUT2D eigenvalue weighted by atomic mass is 9.97. The van der Waals surface area contributed by atoms with Crippen molar-refractivity contribution >= 4 is 38.6 Å². The monoisotopic (exact) mass is 743 g/mol. The number of hydrogen-bond acceptors (Lipinski definition) is 9. The maximum Gasteiger partial charge on any atom is 0.259 e. The number of nitrogens with one attached hydrogen (secondary N) is 2. The van der Waals surface area contributed by atoms with Gasteiger partial charge in [-0.25, -0.2) is 13.4 Å².